The number of nitrogens with zero attached hydrogens (tertiary/aromatic N) is 9. The van der Waals surface area contributed by atoms with Gasteiger partial charge in [0.25, 0.3) is 0 Å². The summed E-state index contributed by atoms with van der Waals surface area (Å²) in [7, 11) is 6.62. The van der Waals surface area contributed by atoms with Gasteiger partial charge in [-0.2, -0.15) is 10.2 Å². The summed E-state index contributed by atoms with van der Waals surface area (Å²) in [6, 6.07) is 24.2. The van der Waals surface area contributed by atoms with Gasteiger partial charge in [-0.1, -0.05) is 54.8 Å². The third-order valence-electron chi connectivity index (χ3n) is 14.4. The van der Waals surface area contributed by atoms with Gasteiger partial charge in [-0.05, 0) is 103 Å². The summed E-state index contributed by atoms with van der Waals surface area (Å²) in [6.45, 7) is 24.4. The molecule has 2 aliphatic rings. The van der Waals surface area contributed by atoms with Gasteiger partial charge in [0.05, 0.1) is 39.5 Å². The van der Waals surface area contributed by atoms with E-state index in [9.17, 15) is 9.59 Å². The third kappa shape index (κ3) is 16.8. The quantitative estimate of drug-likeness (QED) is 0.0778. The molecule has 0 atom stereocenters. The number of unbranched alkanes of at least 4 members (excludes halogenated alkanes) is 2. The molecule has 0 aliphatic carbocycles. The molecule has 85 heavy (non-hydrogen) atoms. The molecule has 0 saturated carbocycles. The first-order valence-corrected chi connectivity index (χ1v) is 30.2. The van der Waals surface area contributed by atoms with Crippen LogP contribution in [0.15, 0.2) is 89.7 Å². The molecule has 456 valence electrons. The van der Waals surface area contributed by atoms with Crippen LogP contribution in [0.2, 0.25) is 0 Å². The van der Waals surface area contributed by atoms with E-state index >= 15 is 0 Å². The predicted octanol–water partition coefficient (Wildman–Crippen LogP) is 12.7. The molecule has 20 nitrogen and oxygen atoms in total. The number of fused-ring (bicyclic) bond motifs is 6. The maximum Gasteiger partial charge on any atom is 0.410 e. The number of piperazine rings is 2. The first-order chi connectivity index (χ1) is 40.8. The lowest BCUT2D eigenvalue weighted by Crippen LogP contribution is -2.50. The highest BCUT2D eigenvalue weighted by Gasteiger charge is 2.27. The van der Waals surface area contributed by atoms with Crippen LogP contribution in [0, 0.1) is 0 Å². The van der Waals surface area contributed by atoms with Gasteiger partial charge >= 0.3 is 12.2 Å². The maximum atomic E-state index is 12.5. The number of nitrogens with one attached hydrogen (secondary N) is 3. The number of methoxy groups -OCH3 is 4. The molecule has 21 heteroatoms. The number of aryl methyl sites for hydroxylation is 2. The smallest absolute Gasteiger partial charge is 0.410 e. The molecule has 2 fully saturated rings. The zero-order chi connectivity index (χ0) is 60.8. The van der Waals surface area contributed by atoms with E-state index in [4.69, 9.17) is 48.6 Å². The summed E-state index contributed by atoms with van der Waals surface area (Å²) >= 11 is 3.56. The molecule has 10 rings (SSSR count). The molecule has 2 aliphatic heterocycles. The van der Waals surface area contributed by atoms with Crippen molar-refractivity contribution in [2.45, 2.75) is 118 Å². The Labute approximate surface area is 507 Å². The fourth-order valence-corrected chi connectivity index (χ4v) is 10.3. The van der Waals surface area contributed by atoms with Crippen LogP contribution in [-0.4, -0.2) is 144 Å². The van der Waals surface area contributed by atoms with Crippen LogP contribution in [0.1, 0.15) is 92.2 Å². The van der Waals surface area contributed by atoms with E-state index in [-0.39, 0.29) is 17.8 Å². The molecule has 2 saturated heterocycles. The zero-order valence-corrected chi connectivity index (χ0v) is 53.2. The number of benzene rings is 4. The molecule has 0 unspecified atom stereocenters. The predicted molar refractivity (Wildman–Crippen MR) is 342 cm³/mol. The number of carbonyl (C=O) groups is 2. The van der Waals surface area contributed by atoms with Gasteiger partial charge in [0.2, 0.25) is 0 Å². The summed E-state index contributed by atoms with van der Waals surface area (Å²) in [5, 5.41) is 24.3. The fraction of sp³-hybridized carbons (Fsp3) is 0.469. The number of hydrogen-bond donors (Lipinski definition) is 3. The number of amides is 2. The second kappa shape index (κ2) is 28.9. The highest BCUT2D eigenvalue weighted by molar-refractivity contribution is 9.10. The molecule has 8 aromatic rings. The van der Waals surface area contributed by atoms with Crippen LogP contribution in [0.3, 0.4) is 0 Å². The van der Waals surface area contributed by atoms with Gasteiger partial charge in [-0.25, -0.2) is 19.6 Å². The average molecular weight is 1230 g/mol. The number of rotatable bonds is 17. The van der Waals surface area contributed by atoms with Crippen molar-refractivity contribution in [1.29, 1.82) is 0 Å². The Kier molecular flexibility index (Phi) is 21.5. The van der Waals surface area contributed by atoms with Crippen LogP contribution < -0.4 is 39.8 Å². The molecule has 6 heterocycles. The minimum Gasteiger partial charge on any atom is -0.497 e. The first kappa shape index (κ1) is 63.2. The van der Waals surface area contributed by atoms with Crippen LogP contribution in [-0.2, 0) is 35.7 Å². The largest absolute Gasteiger partial charge is 0.497 e. The topological polar surface area (TPSA) is 197 Å². The summed E-state index contributed by atoms with van der Waals surface area (Å²) in [5.74, 6) is 4.54. The number of ether oxygens (including phenoxy) is 6. The van der Waals surface area contributed by atoms with E-state index in [1.165, 1.54) is 0 Å². The van der Waals surface area contributed by atoms with Gasteiger partial charge in [0.1, 0.15) is 45.2 Å². The summed E-state index contributed by atoms with van der Waals surface area (Å²) in [6.07, 6.45) is 8.19. The molecule has 4 aromatic heterocycles. The van der Waals surface area contributed by atoms with Crippen molar-refractivity contribution in [3.8, 4) is 23.0 Å². The van der Waals surface area contributed by atoms with Crippen LogP contribution in [0.25, 0.3) is 43.6 Å². The van der Waals surface area contributed by atoms with E-state index in [0.29, 0.717) is 26.2 Å². The Bertz CT molecular complexity index is 3540. The van der Waals surface area contributed by atoms with Crippen molar-refractivity contribution >= 4 is 89.1 Å². The number of aromatic nitrogens is 6. The molecule has 0 bridgehead atoms. The van der Waals surface area contributed by atoms with E-state index in [2.05, 4.69) is 87.3 Å². The molecule has 3 N–H and O–H groups in total. The Morgan fingerprint density at radius 1 is 0.565 bits per heavy atom. The lowest BCUT2D eigenvalue weighted by molar-refractivity contribution is 0.0223. The summed E-state index contributed by atoms with van der Waals surface area (Å²) in [5.41, 5.74) is 5.77. The number of hydrogen-bond acceptors (Lipinski definition) is 16. The third-order valence-corrected chi connectivity index (χ3v) is 14.9. The minimum atomic E-state index is -0.502. The first-order valence-electron chi connectivity index (χ1n) is 29.4. The van der Waals surface area contributed by atoms with E-state index in [0.717, 1.165) is 178 Å². The van der Waals surface area contributed by atoms with Crippen LogP contribution in [0.5, 0.6) is 23.0 Å². The van der Waals surface area contributed by atoms with Crippen LogP contribution >= 0.6 is 15.9 Å². The molecule has 2 amide bonds. The Morgan fingerprint density at radius 3 is 1.47 bits per heavy atom. The fourth-order valence-electron chi connectivity index (χ4n) is 9.91. The van der Waals surface area contributed by atoms with Crippen molar-refractivity contribution in [1.82, 2.24) is 44.6 Å². The minimum absolute atomic E-state index is 0.200. The normalized spacial score (nSPS) is 13.7. The highest BCUT2D eigenvalue weighted by Crippen LogP contribution is 2.35. The molecule has 0 radical (unpaired) electrons. The van der Waals surface area contributed by atoms with Crippen molar-refractivity contribution in [3.63, 3.8) is 0 Å². The van der Waals surface area contributed by atoms with Gasteiger partial charge < -0.3 is 59.1 Å². The number of anilines is 3. The number of pyridine rings is 2. The van der Waals surface area contributed by atoms with E-state index in [1.54, 1.807) is 38.2 Å². The van der Waals surface area contributed by atoms with Gasteiger partial charge in [-0.15, -0.1) is 0 Å². The zero-order valence-electron chi connectivity index (χ0n) is 51.6. The maximum absolute atomic E-state index is 12.5. The Morgan fingerprint density at radius 2 is 1.02 bits per heavy atom. The second-order valence-corrected chi connectivity index (χ2v) is 23.9. The molecular weight excluding hydrogens is 1140 g/mol. The van der Waals surface area contributed by atoms with Crippen molar-refractivity contribution in [2.24, 2.45) is 0 Å². The number of carbonyl (C=O) groups excluding carboxylic acids is 2. The monoisotopic (exact) mass is 1230 g/mol. The SMILES string of the molecule is CC(C)(C)OC(=O)N1CCNCC1.CCCCn1cc2c(n1)c(NCc1ccc(OC)cc1OC)nc1cc(Br)ccc12.CCCCn1cc2c(n1)c(NCc1ccc(OC)cc1OC)nc1cc(N3CCN(C(=O)OC(C)(C)C)CC3)ccc12. The standard InChI is InChI=1S/C32H42N6O4.C23H25BrN4O2.C9H18N2O2/c1-7-8-13-38-21-26-25-12-10-23(36-14-16-37(17-15-36)31(39)42-32(2,3)4)18-27(25)34-30(29(26)35-38)33-20-22-9-11-24(40-5)19-28(22)41-6;1-4-5-10-28-14-19-18-9-7-16(24)11-20(18)26-23(22(19)27-28)25-13-15-6-8-17(29-2)12-21(15)30-3;1-9(2,3)13-8(12)11-6-4-10-5-7-11/h9-12,18-19,21H,7-8,13-17,20H2,1-6H3,(H,33,34);6-9,11-12,14H,4-5,10,13H2,1-3H3,(H,25,26);10H,4-7H2,1-3H3. The average Bonchev–Trinajstić information content (AvgIpc) is 1.94. The number of halogens is 1. The van der Waals surface area contributed by atoms with Crippen molar-refractivity contribution in [2.75, 3.05) is 96.3 Å². The summed E-state index contributed by atoms with van der Waals surface area (Å²) in [4.78, 5) is 39.8. The lowest BCUT2D eigenvalue weighted by atomic mass is 10.1. The van der Waals surface area contributed by atoms with Crippen molar-refractivity contribution < 1.29 is 38.0 Å². The van der Waals surface area contributed by atoms with Crippen molar-refractivity contribution in [3.05, 3.63) is 101 Å². The van der Waals surface area contributed by atoms with E-state index in [1.807, 2.05) is 99.4 Å². The highest BCUT2D eigenvalue weighted by atomic mass is 79.9. The van der Waals surface area contributed by atoms with Crippen LogP contribution in [0.4, 0.5) is 26.9 Å². The summed E-state index contributed by atoms with van der Waals surface area (Å²) < 4.78 is 37.7. The lowest BCUT2D eigenvalue weighted by Gasteiger charge is -2.36. The Hall–Kier alpha value is -7.78. The Balaban J connectivity index is 0.000000189. The second-order valence-electron chi connectivity index (χ2n) is 23.0. The molecule has 4 aromatic carbocycles. The molecular formula is C64H85BrN12O8. The van der Waals surface area contributed by atoms with Gasteiger partial charge in [0.15, 0.2) is 11.6 Å². The molecule has 0 spiro atoms. The van der Waals surface area contributed by atoms with Gasteiger partial charge in [0, 0.05) is 146 Å². The van der Waals surface area contributed by atoms with E-state index < -0.39 is 5.60 Å². The van der Waals surface area contributed by atoms with Gasteiger partial charge in [-0.3, -0.25) is 9.36 Å².